The SMILES string of the molecule is O=C(NCC1(c2ccccn2)CCCCC1)c1cn(-c2ncc(F)cn2)nc1C(F)(F)F. The topological polar surface area (TPSA) is 85.6 Å². The maximum atomic E-state index is 13.6. The Bertz CT molecular complexity index is 1080. The molecule has 32 heavy (non-hydrogen) atoms. The van der Waals surface area contributed by atoms with Gasteiger partial charge in [-0.25, -0.2) is 19.0 Å². The van der Waals surface area contributed by atoms with Crippen LogP contribution in [0, 0.1) is 5.82 Å². The minimum absolute atomic E-state index is 0.151. The van der Waals surface area contributed by atoms with Gasteiger partial charge in [-0.2, -0.15) is 18.3 Å². The second kappa shape index (κ2) is 8.64. The minimum Gasteiger partial charge on any atom is -0.351 e. The smallest absolute Gasteiger partial charge is 0.351 e. The van der Waals surface area contributed by atoms with Gasteiger partial charge >= 0.3 is 6.18 Å². The van der Waals surface area contributed by atoms with E-state index in [-0.39, 0.29) is 12.5 Å². The molecule has 1 saturated carbocycles. The Morgan fingerprint density at radius 2 is 1.81 bits per heavy atom. The lowest BCUT2D eigenvalue weighted by molar-refractivity contribution is -0.141. The molecule has 1 N–H and O–H groups in total. The number of pyridine rings is 1. The Labute approximate surface area is 180 Å². The molecular formula is C21H20F4N6O. The lowest BCUT2D eigenvalue weighted by atomic mass is 9.71. The van der Waals surface area contributed by atoms with Crippen molar-refractivity contribution < 1.29 is 22.4 Å². The van der Waals surface area contributed by atoms with E-state index in [2.05, 4.69) is 25.4 Å². The molecule has 3 aromatic rings. The van der Waals surface area contributed by atoms with Gasteiger partial charge in [0.05, 0.1) is 18.0 Å². The highest BCUT2D eigenvalue weighted by Crippen LogP contribution is 2.38. The summed E-state index contributed by atoms with van der Waals surface area (Å²) in [6.45, 7) is 0.151. The summed E-state index contributed by atoms with van der Waals surface area (Å²) in [4.78, 5) is 24.5. The molecule has 1 aliphatic carbocycles. The summed E-state index contributed by atoms with van der Waals surface area (Å²) in [5.41, 5.74) is -1.65. The molecule has 11 heteroatoms. The van der Waals surface area contributed by atoms with E-state index in [1.165, 1.54) is 0 Å². The third-order valence-corrected chi connectivity index (χ3v) is 5.65. The molecular weight excluding hydrogens is 428 g/mol. The van der Waals surface area contributed by atoms with Gasteiger partial charge in [0.2, 0.25) is 0 Å². The standard InChI is InChI=1S/C21H20F4N6O/c22-14-10-27-19(28-11-14)31-12-15(17(30-31)21(23,24)25)18(32)29-13-20(7-3-1-4-8-20)16-6-2-5-9-26-16/h2,5-6,9-12H,1,3-4,7-8,13H2,(H,29,32). The molecule has 0 unspecified atom stereocenters. The van der Waals surface area contributed by atoms with Crippen molar-refractivity contribution in [2.24, 2.45) is 0 Å². The quantitative estimate of drug-likeness (QED) is 0.600. The minimum atomic E-state index is -4.87. The molecule has 1 fully saturated rings. The zero-order chi connectivity index (χ0) is 22.8. The summed E-state index contributed by atoms with van der Waals surface area (Å²) in [6.07, 6.45) is 3.81. The summed E-state index contributed by atoms with van der Waals surface area (Å²) < 4.78 is 54.5. The summed E-state index contributed by atoms with van der Waals surface area (Å²) in [7, 11) is 0. The molecule has 4 rings (SSSR count). The first-order chi connectivity index (χ1) is 15.3. The van der Waals surface area contributed by atoms with E-state index in [9.17, 15) is 22.4 Å². The molecule has 3 aromatic heterocycles. The van der Waals surface area contributed by atoms with Crippen molar-refractivity contribution in [1.29, 1.82) is 0 Å². The highest BCUT2D eigenvalue weighted by Gasteiger charge is 2.41. The molecule has 1 aliphatic rings. The highest BCUT2D eigenvalue weighted by molar-refractivity contribution is 5.95. The summed E-state index contributed by atoms with van der Waals surface area (Å²) in [5, 5.41) is 6.11. The van der Waals surface area contributed by atoms with Crippen molar-refractivity contribution >= 4 is 5.91 Å². The average Bonchev–Trinajstić information content (AvgIpc) is 3.26. The fraction of sp³-hybridized carbons (Fsp3) is 0.381. The molecule has 0 radical (unpaired) electrons. The molecule has 0 aromatic carbocycles. The molecule has 1 amide bonds. The maximum absolute atomic E-state index is 13.6. The van der Waals surface area contributed by atoms with E-state index in [4.69, 9.17) is 0 Å². The van der Waals surface area contributed by atoms with Gasteiger partial charge in [0.1, 0.15) is 0 Å². The molecule has 7 nitrogen and oxygen atoms in total. The van der Waals surface area contributed by atoms with Crippen LogP contribution >= 0.6 is 0 Å². The lowest BCUT2D eigenvalue weighted by Gasteiger charge is -2.37. The number of hydrogen-bond acceptors (Lipinski definition) is 5. The highest BCUT2D eigenvalue weighted by atomic mass is 19.4. The first kappa shape index (κ1) is 21.8. The average molecular weight is 448 g/mol. The van der Waals surface area contributed by atoms with Crippen LogP contribution in [0.3, 0.4) is 0 Å². The van der Waals surface area contributed by atoms with Crippen molar-refractivity contribution in [3.63, 3.8) is 0 Å². The van der Waals surface area contributed by atoms with Crippen molar-refractivity contribution in [2.45, 2.75) is 43.7 Å². The largest absolute Gasteiger partial charge is 0.435 e. The number of nitrogens with one attached hydrogen (secondary N) is 1. The first-order valence-electron chi connectivity index (χ1n) is 10.1. The van der Waals surface area contributed by atoms with E-state index >= 15 is 0 Å². The van der Waals surface area contributed by atoms with E-state index in [0.717, 1.165) is 56.4 Å². The van der Waals surface area contributed by atoms with Crippen LogP contribution < -0.4 is 5.32 Å². The Balaban J connectivity index is 1.61. The predicted octanol–water partition coefficient (Wildman–Crippen LogP) is 3.85. The van der Waals surface area contributed by atoms with Crippen molar-refractivity contribution in [2.75, 3.05) is 6.54 Å². The van der Waals surface area contributed by atoms with Gasteiger partial charge in [-0.15, -0.1) is 0 Å². The van der Waals surface area contributed by atoms with Crippen LogP contribution in [0.2, 0.25) is 0 Å². The van der Waals surface area contributed by atoms with Gasteiger partial charge in [0, 0.05) is 30.0 Å². The van der Waals surface area contributed by atoms with Gasteiger partial charge in [-0.1, -0.05) is 25.3 Å². The van der Waals surface area contributed by atoms with Crippen LogP contribution in [0.5, 0.6) is 0 Å². The number of rotatable bonds is 5. The molecule has 0 spiro atoms. The van der Waals surface area contributed by atoms with Crippen LogP contribution in [-0.4, -0.2) is 37.2 Å². The van der Waals surface area contributed by atoms with Gasteiger partial charge < -0.3 is 5.32 Å². The third-order valence-electron chi connectivity index (χ3n) is 5.65. The van der Waals surface area contributed by atoms with Crippen LogP contribution in [0.25, 0.3) is 5.95 Å². The number of carbonyl (C=O) groups excluding carboxylic acids is 1. The van der Waals surface area contributed by atoms with E-state index in [0.29, 0.717) is 4.68 Å². The normalized spacial score (nSPS) is 16.0. The summed E-state index contributed by atoms with van der Waals surface area (Å²) >= 11 is 0. The predicted molar refractivity (Wildman–Crippen MR) is 105 cm³/mol. The number of nitrogens with zero attached hydrogens (tertiary/aromatic N) is 5. The maximum Gasteiger partial charge on any atom is 0.435 e. The van der Waals surface area contributed by atoms with E-state index < -0.39 is 34.6 Å². The molecule has 0 aliphatic heterocycles. The summed E-state index contributed by atoms with van der Waals surface area (Å²) in [6, 6.07) is 5.53. The first-order valence-corrected chi connectivity index (χ1v) is 10.1. The second-order valence-corrected chi connectivity index (χ2v) is 7.77. The number of hydrogen-bond donors (Lipinski definition) is 1. The zero-order valence-corrected chi connectivity index (χ0v) is 16.9. The lowest BCUT2D eigenvalue weighted by Crippen LogP contribution is -2.43. The fourth-order valence-electron chi connectivity index (χ4n) is 4.05. The van der Waals surface area contributed by atoms with Crippen LogP contribution in [0.1, 0.15) is 53.8 Å². The number of halogens is 4. The number of amides is 1. The Morgan fingerprint density at radius 1 is 1.09 bits per heavy atom. The van der Waals surface area contributed by atoms with Crippen molar-refractivity contribution in [3.8, 4) is 5.95 Å². The molecule has 0 saturated heterocycles. The Hall–Kier alpha value is -3.37. The van der Waals surface area contributed by atoms with E-state index in [1.807, 2.05) is 12.1 Å². The van der Waals surface area contributed by atoms with E-state index in [1.54, 1.807) is 12.3 Å². The number of carbonyl (C=O) groups is 1. The molecule has 3 heterocycles. The third kappa shape index (κ3) is 4.46. The van der Waals surface area contributed by atoms with Gasteiger partial charge in [0.15, 0.2) is 11.5 Å². The van der Waals surface area contributed by atoms with Gasteiger partial charge in [-0.05, 0) is 25.0 Å². The second-order valence-electron chi connectivity index (χ2n) is 7.77. The molecule has 0 bridgehead atoms. The Kier molecular flexibility index (Phi) is 5.90. The van der Waals surface area contributed by atoms with Gasteiger partial charge in [-0.3, -0.25) is 9.78 Å². The fourth-order valence-corrected chi connectivity index (χ4v) is 4.05. The monoisotopic (exact) mass is 448 g/mol. The van der Waals surface area contributed by atoms with Crippen LogP contribution in [-0.2, 0) is 11.6 Å². The van der Waals surface area contributed by atoms with Crippen LogP contribution in [0.4, 0.5) is 17.6 Å². The molecule has 0 atom stereocenters. The van der Waals surface area contributed by atoms with Gasteiger partial charge in [0.25, 0.3) is 11.9 Å². The van der Waals surface area contributed by atoms with Crippen LogP contribution in [0.15, 0.2) is 43.0 Å². The summed E-state index contributed by atoms with van der Waals surface area (Å²) in [5.74, 6) is -1.94. The number of aromatic nitrogens is 5. The Morgan fingerprint density at radius 3 is 2.44 bits per heavy atom. The van der Waals surface area contributed by atoms with Crippen molar-refractivity contribution in [3.05, 3.63) is 65.8 Å². The zero-order valence-electron chi connectivity index (χ0n) is 16.9. The number of alkyl halides is 3. The van der Waals surface area contributed by atoms with Crippen molar-refractivity contribution in [1.82, 2.24) is 30.0 Å². The molecule has 168 valence electrons.